The summed E-state index contributed by atoms with van der Waals surface area (Å²) in [6.07, 6.45) is 7.02. The number of hydrogen-bond donors (Lipinski definition) is 0. The molecule has 0 saturated heterocycles. The fourth-order valence-corrected chi connectivity index (χ4v) is 2.99. The molecule has 3 atom stereocenters. The standard InChI is InChI=1S/C15H27NO/c1-15(2,3)13-6-5-7-14(17-4)11-12(10-13)8-9-16/h12-14H,5-8,10-11H2,1-4H3/t12-,13?,14?/m0/s1. The van der Waals surface area contributed by atoms with E-state index in [-0.39, 0.29) is 0 Å². The van der Waals surface area contributed by atoms with Crippen LogP contribution in [0.25, 0.3) is 0 Å². The molecule has 0 aromatic heterocycles. The highest BCUT2D eigenvalue weighted by Crippen LogP contribution is 2.39. The molecule has 0 spiro atoms. The Morgan fingerprint density at radius 3 is 2.47 bits per heavy atom. The molecule has 0 aromatic carbocycles. The van der Waals surface area contributed by atoms with E-state index in [0.29, 0.717) is 23.9 Å². The van der Waals surface area contributed by atoms with Crippen molar-refractivity contribution < 1.29 is 4.74 Å². The lowest BCUT2D eigenvalue weighted by Crippen LogP contribution is -2.28. The summed E-state index contributed by atoms with van der Waals surface area (Å²) in [6, 6.07) is 2.35. The first kappa shape index (κ1) is 14.5. The zero-order chi connectivity index (χ0) is 12.9. The van der Waals surface area contributed by atoms with Gasteiger partial charge in [-0.3, -0.25) is 0 Å². The molecule has 0 heterocycles. The number of ether oxygens (including phenoxy) is 1. The summed E-state index contributed by atoms with van der Waals surface area (Å²) in [7, 11) is 1.80. The van der Waals surface area contributed by atoms with Crippen molar-refractivity contribution in [1.82, 2.24) is 0 Å². The summed E-state index contributed by atoms with van der Waals surface area (Å²) < 4.78 is 5.51. The van der Waals surface area contributed by atoms with Gasteiger partial charge >= 0.3 is 0 Å². The van der Waals surface area contributed by atoms with Crippen molar-refractivity contribution in [3.63, 3.8) is 0 Å². The summed E-state index contributed by atoms with van der Waals surface area (Å²) in [4.78, 5) is 0. The molecule has 2 unspecified atom stereocenters. The van der Waals surface area contributed by atoms with Crippen LogP contribution < -0.4 is 0 Å². The van der Waals surface area contributed by atoms with Crippen LogP contribution in [0.3, 0.4) is 0 Å². The second-order valence-electron chi connectivity index (χ2n) is 6.55. The van der Waals surface area contributed by atoms with E-state index in [4.69, 9.17) is 10.00 Å². The first-order valence-corrected chi connectivity index (χ1v) is 6.87. The van der Waals surface area contributed by atoms with Crippen LogP contribution in [0.15, 0.2) is 0 Å². The van der Waals surface area contributed by atoms with Crippen molar-refractivity contribution in [3.05, 3.63) is 0 Å². The second-order valence-corrected chi connectivity index (χ2v) is 6.55. The van der Waals surface area contributed by atoms with Crippen molar-refractivity contribution >= 4 is 0 Å². The molecule has 0 aliphatic heterocycles. The van der Waals surface area contributed by atoms with Crippen LogP contribution in [0.1, 0.15) is 59.3 Å². The van der Waals surface area contributed by atoms with Gasteiger partial charge in [0.25, 0.3) is 0 Å². The van der Waals surface area contributed by atoms with E-state index in [0.717, 1.165) is 18.8 Å². The van der Waals surface area contributed by atoms with Crippen LogP contribution in [0.4, 0.5) is 0 Å². The molecular formula is C15H27NO. The zero-order valence-electron chi connectivity index (χ0n) is 11.8. The first-order chi connectivity index (χ1) is 7.97. The van der Waals surface area contributed by atoms with E-state index >= 15 is 0 Å². The van der Waals surface area contributed by atoms with Crippen LogP contribution in [-0.2, 0) is 4.74 Å². The van der Waals surface area contributed by atoms with Gasteiger partial charge in [0.2, 0.25) is 0 Å². The van der Waals surface area contributed by atoms with Crippen LogP contribution in [0.2, 0.25) is 0 Å². The van der Waals surface area contributed by atoms with Crippen molar-refractivity contribution in [3.8, 4) is 6.07 Å². The summed E-state index contributed by atoms with van der Waals surface area (Å²) in [5, 5.41) is 8.94. The number of nitriles is 1. The van der Waals surface area contributed by atoms with Gasteiger partial charge in [-0.25, -0.2) is 0 Å². The van der Waals surface area contributed by atoms with Gasteiger partial charge < -0.3 is 4.74 Å². The predicted octanol–water partition coefficient (Wildman–Crippen LogP) is 4.16. The number of hydrogen-bond acceptors (Lipinski definition) is 2. The SMILES string of the molecule is COC1CCCC(C(C)(C)C)C[C@H](CC#N)C1. The molecule has 1 aliphatic carbocycles. The minimum Gasteiger partial charge on any atom is -0.381 e. The predicted molar refractivity (Wildman–Crippen MR) is 70.5 cm³/mol. The molecule has 17 heavy (non-hydrogen) atoms. The average Bonchev–Trinajstić information content (AvgIpc) is 2.20. The minimum atomic E-state index is 0.369. The number of rotatable bonds is 2. The van der Waals surface area contributed by atoms with Gasteiger partial charge in [0.15, 0.2) is 0 Å². The normalized spacial score (nSPS) is 31.4. The lowest BCUT2D eigenvalue weighted by molar-refractivity contribution is 0.0461. The van der Waals surface area contributed by atoms with Crippen LogP contribution in [-0.4, -0.2) is 13.2 Å². The van der Waals surface area contributed by atoms with Gasteiger partial charge in [-0.2, -0.15) is 5.26 Å². The summed E-state index contributed by atoms with van der Waals surface area (Å²) in [6.45, 7) is 6.99. The molecule has 0 bridgehead atoms. The highest BCUT2D eigenvalue weighted by Gasteiger charge is 2.30. The van der Waals surface area contributed by atoms with Gasteiger partial charge in [-0.1, -0.05) is 27.2 Å². The molecule has 0 radical (unpaired) electrons. The third-order valence-corrected chi connectivity index (χ3v) is 4.23. The maximum Gasteiger partial charge on any atom is 0.0624 e. The Balaban J connectivity index is 2.67. The van der Waals surface area contributed by atoms with E-state index in [1.54, 1.807) is 7.11 Å². The Kier molecular flexibility index (Phi) is 5.46. The molecular weight excluding hydrogens is 210 g/mol. The lowest BCUT2D eigenvalue weighted by Gasteiger charge is -2.36. The van der Waals surface area contributed by atoms with Crippen LogP contribution in [0, 0.1) is 28.6 Å². The summed E-state index contributed by atoms with van der Waals surface area (Å²) in [5.41, 5.74) is 0.369. The van der Waals surface area contributed by atoms with E-state index in [1.165, 1.54) is 19.3 Å². The number of nitrogens with zero attached hydrogens (tertiary/aromatic N) is 1. The zero-order valence-corrected chi connectivity index (χ0v) is 11.8. The van der Waals surface area contributed by atoms with Gasteiger partial charge in [-0.15, -0.1) is 0 Å². The number of methoxy groups -OCH3 is 1. The highest BCUT2D eigenvalue weighted by molar-refractivity contribution is 4.85. The van der Waals surface area contributed by atoms with E-state index in [2.05, 4.69) is 26.8 Å². The van der Waals surface area contributed by atoms with Gasteiger partial charge in [-0.05, 0) is 42.9 Å². The molecule has 1 fully saturated rings. The monoisotopic (exact) mass is 237 g/mol. The van der Waals surface area contributed by atoms with E-state index in [1.807, 2.05) is 0 Å². The van der Waals surface area contributed by atoms with Crippen molar-refractivity contribution in [1.29, 1.82) is 5.26 Å². The highest BCUT2D eigenvalue weighted by atomic mass is 16.5. The van der Waals surface area contributed by atoms with Crippen LogP contribution in [0.5, 0.6) is 0 Å². The first-order valence-electron chi connectivity index (χ1n) is 6.87. The fraction of sp³-hybridized carbons (Fsp3) is 0.933. The Hall–Kier alpha value is -0.550. The smallest absolute Gasteiger partial charge is 0.0624 e. The largest absolute Gasteiger partial charge is 0.381 e. The van der Waals surface area contributed by atoms with E-state index < -0.39 is 0 Å². The Bertz CT molecular complexity index is 261. The third kappa shape index (κ3) is 4.68. The molecule has 1 rings (SSSR count). The topological polar surface area (TPSA) is 33.0 Å². The molecule has 0 N–H and O–H groups in total. The second kappa shape index (κ2) is 6.40. The van der Waals surface area contributed by atoms with Crippen molar-refractivity contribution in [2.75, 3.05) is 7.11 Å². The average molecular weight is 237 g/mol. The summed E-state index contributed by atoms with van der Waals surface area (Å²) in [5.74, 6) is 1.27. The maximum absolute atomic E-state index is 8.94. The molecule has 98 valence electrons. The van der Waals surface area contributed by atoms with Gasteiger partial charge in [0.1, 0.15) is 0 Å². The Morgan fingerprint density at radius 2 is 1.94 bits per heavy atom. The summed E-state index contributed by atoms with van der Waals surface area (Å²) >= 11 is 0. The Labute approximate surface area is 106 Å². The fourth-order valence-electron chi connectivity index (χ4n) is 2.99. The lowest BCUT2D eigenvalue weighted by atomic mass is 9.70. The molecule has 2 heteroatoms. The molecule has 1 aliphatic rings. The molecule has 0 amide bonds. The van der Waals surface area contributed by atoms with Gasteiger partial charge in [0, 0.05) is 13.5 Å². The molecule has 2 nitrogen and oxygen atoms in total. The molecule has 1 saturated carbocycles. The third-order valence-electron chi connectivity index (χ3n) is 4.23. The van der Waals surface area contributed by atoms with Gasteiger partial charge in [0.05, 0.1) is 12.2 Å². The van der Waals surface area contributed by atoms with Crippen molar-refractivity contribution in [2.45, 2.75) is 65.4 Å². The Morgan fingerprint density at radius 1 is 1.24 bits per heavy atom. The van der Waals surface area contributed by atoms with Crippen LogP contribution >= 0.6 is 0 Å². The molecule has 0 aromatic rings. The minimum absolute atomic E-state index is 0.369. The maximum atomic E-state index is 8.94. The van der Waals surface area contributed by atoms with E-state index in [9.17, 15) is 0 Å². The van der Waals surface area contributed by atoms with Crippen molar-refractivity contribution in [2.24, 2.45) is 17.3 Å². The quantitative estimate of drug-likeness (QED) is 0.722.